The monoisotopic (exact) mass is 594 g/mol. The summed E-state index contributed by atoms with van der Waals surface area (Å²) in [5.74, 6) is -0.243. The Balaban J connectivity index is 2.24. The number of aryl methyl sites for hydroxylation is 1. The van der Waals surface area contributed by atoms with Crippen LogP contribution in [0.5, 0.6) is 0 Å². The number of hydrogen-bond donors (Lipinski definition) is 1. The summed E-state index contributed by atoms with van der Waals surface area (Å²) in [6, 6.07) is 7.30. The Morgan fingerprint density at radius 2 is 1.70 bits per heavy atom. The largest absolute Gasteiger partial charge is 0.390 e. The first-order valence-electron chi connectivity index (χ1n) is 15.8. The first-order valence-corrected chi connectivity index (χ1v) is 15.8. The lowest BCUT2D eigenvalue weighted by molar-refractivity contribution is -0.116. The molecule has 238 valence electrons. The minimum Gasteiger partial charge on any atom is -0.390 e. The molecule has 1 N–H and O–H groups in total. The molecule has 2 rings (SSSR count). The van der Waals surface area contributed by atoms with Crippen LogP contribution in [0.1, 0.15) is 103 Å². The summed E-state index contributed by atoms with van der Waals surface area (Å²) in [5, 5.41) is 11.2. The van der Waals surface area contributed by atoms with Crippen molar-refractivity contribution in [1.29, 1.82) is 0 Å². The number of hydrogen-bond acceptors (Lipinski definition) is 6. The number of ketones is 3. The Bertz CT molecular complexity index is 1200. The molecule has 0 aliphatic heterocycles. The Labute approximate surface area is 259 Å². The van der Waals surface area contributed by atoms with Gasteiger partial charge in [-0.05, 0) is 76.9 Å². The molecule has 2 unspecified atom stereocenters. The summed E-state index contributed by atoms with van der Waals surface area (Å²) in [4.78, 5) is 40.4. The predicted molar refractivity (Wildman–Crippen MR) is 173 cm³/mol. The topological polar surface area (TPSA) is 89.9 Å². The van der Waals surface area contributed by atoms with E-state index in [1.807, 2.05) is 59.8 Å². The molecule has 0 aromatic heterocycles. The van der Waals surface area contributed by atoms with Crippen molar-refractivity contribution >= 4 is 17.3 Å². The summed E-state index contributed by atoms with van der Waals surface area (Å²) in [7, 11) is 1.59. The molecule has 6 nitrogen and oxygen atoms in total. The number of ether oxygens (including phenoxy) is 2. The molecule has 0 spiro atoms. The predicted octanol–water partition coefficient (Wildman–Crippen LogP) is 7.57. The second kappa shape index (κ2) is 17.6. The van der Waals surface area contributed by atoms with Crippen LogP contribution in [0.4, 0.5) is 0 Å². The first-order chi connectivity index (χ1) is 20.2. The third-order valence-corrected chi connectivity index (χ3v) is 8.14. The maximum absolute atomic E-state index is 13.9. The van der Waals surface area contributed by atoms with Crippen LogP contribution in [-0.4, -0.2) is 54.5 Å². The SMILES string of the molecule is CO[C@@H](CC(C)CC1=C(CCCC(C)C)C(=O)C=C(CC(=O)c2ccccc2C)C1=O)[C@H](O)C(C)/C=C(\C)COC(C)C. The summed E-state index contributed by atoms with van der Waals surface area (Å²) in [5.41, 5.74) is 3.79. The van der Waals surface area contributed by atoms with E-state index in [4.69, 9.17) is 9.47 Å². The van der Waals surface area contributed by atoms with E-state index in [2.05, 4.69) is 13.8 Å². The zero-order chi connectivity index (χ0) is 32.3. The van der Waals surface area contributed by atoms with E-state index < -0.39 is 12.2 Å². The molecule has 0 saturated heterocycles. The molecule has 1 aromatic carbocycles. The van der Waals surface area contributed by atoms with Gasteiger partial charge in [-0.3, -0.25) is 14.4 Å². The number of methoxy groups -OCH3 is 1. The zero-order valence-corrected chi connectivity index (χ0v) is 27.9. The first kappa shape index (κ1) is 36.5. The fourth-order valence-electron chi connectivity index (χ4n) is 5.69. The van der Waals surface area contributed by atoms with Crippen LogP contribution in [0, 0.1) is 24.7 Å². The van der Waals surface area contributed by atoms with Gasteiger partial charge in [0.05, 0.1) is 24.9 Å². The molecule has 0 saturated carbocycles. The fraction of sp³-hybridized carbons (Fsp3) is 0.595. The lowest BCUT2D eigenvalue weighted by Crippen LogP contribution is -2.35. The maximum atomic E-state index is 13.9. The number of benzene rings is 1. The highest BCUT2D eigenvalue weighted by Gasteiger charge is 2.32. The molecule has 1 aromatic rings. The van der Waals surface area contributed by atoms with Crippen LogP contribution in [0.15, 0.2) is 58.7 Å². The highest BCUT2D eigenvalue weighted by atomic mass is 16.5. The number of aliphatic hydroxyl groups is 1. The third-order valence-electron chi connectivity index (χ3n) is 8.14. The average molecular weight is 595 g/mol. The second-order valence-corrected chi connectivity index (χ2v) is 13.1. The maximum Gasteiger partial charge on any atom is 0.186 e. The van der Waals surface area contributed by atoms with E-state index in [1.165, 1.54) is 6.08 Å². The smallest absolute Gasteiger partial charge is 0.186 e. The summed E-state index contributed by atoms with van der Waals surface area (Å²) in [6.45, 7) is 16.6. The Morgan fingerprint density at radius 3 is 2.30 bits per heavy atom. The number of rotatable bonds is 18. The number of Topliss-reactive ketones (excluding diaryl/α,β-unsaturated/α-hetero) is 2. The molecule has 43 heavy (non-hydrogen) atoms. The molecule has 0 amide bonds. The van der Waals surface area contributed by atoms with Crippen LogP contribution in [0.25, 0.3) is 0 Å². The Hall–Kier alpha value is -2.67. The van der Waals surface area contributed by atoms with E-state index in [0.717, 1.165) is 24.0 Å². The lowest BCUT2D eigenvalue weighted by atomic mass is 9.79. The van der Waals surface area contributed by atoms with E-state index in [1.54, 1.807) is 19.2 Å². The van der Waals surface area contributed by atoms with Crippen molar-refractivity contribution in [1.82, 2.24) is 0 Å². The number of carbonyl (C=O) groups excluding carboxylic acids is 3. The zero-order valence-electron chi connectivity index (χ0n) is 27.9. The minimum atomic E-state index is -0.744. The number of carbonyl (C=O) groups is 3. The molecular weight excluding hydrogens is 540 g/mol. The summed E-state index contributed by atoms with van der Waals surface area (Å²) >= 11 is 0. The van der Waals surface area contributed by atoms with E-state index in [0.29, 0.717) is 48.5 Å². The normalized spacial score (nSPS) is 17.4. The van der Waals surface area contributed by atoms with Crippen molar-refractivity contribution in [2.75, 3.05) is 13.7 Å². The lowest BCUT2D eigenvalue weighted by Gasteiger charge is -2.29. The third kappa shape index (κ3) is 11.4. The molecule has 4 atom stereocenters. The van der Waals surface area contributed by atoms with Crippen molar-refractivity contribution in [3.8, 4) is 0 Å². The Kier molecular flexibility index (Phi) is 14.9. The molecule has 1 aliphatic rings. The molecule has 0 fully saturated rings. The van der Waals surface area contributed by atoms with Gasteiger partial charge in [-0.15, -0.1) is 0 Å². The van der Waals surface area contributed by atoms with E-state index in [9.17, 15) is 19.5 Å². The van der Waals surface area contributed by atoms with Gasteiger partial charge in [-0.25, -0.2) is 0 Å². The van der Waals surface area contributed by atoms with Crippen molar-refractivity contribution in [3.63, 3.8) is 0 Å². The van der Waals surface area contributed by atoms with Crippen LogP contribution in [-0.2, 0) is 19.1 Å². The van der Waals surface area contributed by atoms with E-state index in [-0.39, 0.29) is 47.3 Å². The van der Waals surface area contributed by atoms with Gasteiger partial charge in [-0.2, -0.15) is 0 Å². The van der Waals surface area contributed by atoms with Crippen LogP contribution in [0.3, 0.4) is 0 Å². The van der Waals surface area contributed by atoms with Gasteiger partial charge in [0, 0.05) is 41.7 Å². The number of aliphatic hydroxyl groups excluding tert-OH is 1. The van der Waals surface area contributed by atoms with E-state index >= 15 is 0 Å². The van der Waals surface area contributed by atoms with Gasteiger partial charge in [0.25, 0.3) is 0 Å². The Morgan fingerprint density at radius 1 is 1.02 bits per heavy atom. The highest BCUT2D eigenvalue weighted by Crippen LogP contribution is 2.32. The van der Waals surface area contributed by atoms with Gasteiger partial charge >= 0.3 is 0 Å². The van der Waals surface area contributed by atoms with Gasteiger partial charge in [0.1, 0.15) is 0 Å². The van der Waals surface area contributed by atoms with Gasteiger partial charge < -0.3 is 14.6 Å². The quantitative estimate of drug-likeness (QED) is 0.107. The standard InChI is InChI=1S/C37H54O6/c1-23(2)13-12-16-31-32(37(41)29(21-34(31)39)20-33(38)30-15-11-10-14-27(30)7)18-25(5)19-35(42-9)36(40)28(8)17-26(6)22-43-24(3)4/h10-11,14-15,17,21,23-25,28,35-36,40H,12-13,16,18-20,22H2,1-9H3/b26-17+/t25?,28?,35-,36+/m0/s1. The van der Waals surface area contributed by atoms with Crippen LogP contribution >= 0.6 is 0 Å². The van der Waals surface area contributed by atoms with Gasteiger partial charge in [-0.1, -0.05) is 70.0 Å². The van der Waals surface area contributed by atoms with Crippen molar-refractivity contribution in [3.05, 3.63) is 69.8 Å². The van der Waals surface area contributed by atoms with Gasteiger partial charge in [0.15, 0.2) is 17.3 Å². The van der Waals surface area contributed by atoms with Crippen LogP contribution < -0.4 is 0 Å². The second-order valence-electron chi connectivity index (χ2n) is 13.1. The fourth-order valence-corrected chi connectivity index (χ4v) is 5.69. The van der Waals surface area contributed by atoms with Crippen LogP contribution in [0.2, 0.25) is 0 Å². The minimum absolute atomic E-state index is 0.0422. The molecule has 0 bridgehead atoms. The van der Waals surface area contributed by atoms with Crippen molar-refractivity contribution in [2.45, 2.75) is 112 Å². The molecule has 6 heteroatoms. The molecule has 0 heterocycles. The summed E-state index contributed by atoms with van der Waals surface area (Å²) < 4.78 is 11.4. The molecule has 0 radical (unpaired) electrons. The number of allylic oxidation sites excluding steroid dienone is 4. The molecule has 1 aliphatic carbocycles. The molecular formula is C37H54O6. The summed E-state index contributed by atoms with van der Waals surface area (Å²) in [6.07, 6.45) is 5.46. The van der Waals surface area contributed by atoms with Gasteiger partial charge in [0.2, 0.25) is 0 Å². The highest BCUT2D eigenvalue weighted by molar-refractivity contribution is 6.24. The van der Waals surface area contributed by atoms with Crippen molar-refractivity contribution < 1.29 is 29.0 Å². The average Bonchev–Trinajstić information content (AvgIpc) is 2.94. The van der Waals surface area contributed by atoms with Crippen molar-refractivity contribution in [2.24, 2.45) is 17.8 Å².